The van der Waals surface area contributed by atoms with Gasteiger partial charge in [-0.3, -0.25) is 0 Å². The van der Waals surface area contributed by atoms with Gasteiger partial charge in [0.05, 0.1) is 0 Å². The van der Waals surface area contributed by atoms with Crippen LogP contribution in [0.1, 0.15) is 11.1 Å². The third-order valence-electron chi connectivity index (χ3n) is 2.50. The van der Waals surface area contributed by atoms with Crippen LogP contribution in [0.3, 0.4) is 0 Å². The molecule has 74 valence electrons. The van der Waals surface area contributed by atoms with Gasteiger partial charge in [0, 0.05) is 11.1 Å². The zero-order chi connectivity index (χ0) is 10.8. The van der Waals surface area contributed by atoms with Crippen molar-refractivity contribution in [2.45, 2.75) is 0 Å². The van der Waals surface area contributed by atoms with Crippen molar-refractivity contribution < 1.29 is 0 Å². The Bertz CT molecular complexity index is 533. The van der Waals surface area contributed by atoms with Crippen LogP contribution in [0.15, 0.2) is 43.5 Å². The predicted molar refractivity (Wildman–Crippen MR) is 68.5 cm³/mol. The van der Waals surface area contributed by atoms with Gasteiger partial charge in [-0.2, -0.15) is 0 Å². The van der Waals surface area contributed by atoms with Gasteiger partial charge in [-0.15, -0.1) is 0 Å². The second kappa shape index (κ2) is 3.62. The summed E-state index contributed by atoms with van der Waals surface area (Å²) >= 11 is 0. The molecule has 0 radical (unpaired) electrons. The van der Waals surface area contributed by atoms with E-state index in [9.17, 15) is 0 Å². The number of anilines is 1. The number of nitrogens with two attached hydrogens (primary N) is 1. The van der Waals surface area contributed by atoms with E-state index >= 15 is 0 Å². The lowest BCUT2D eigenvalue weighted by atomic mass is 10.0. The summed E-state index contributed by atoms with van der Waals surface area (Å²) in [5.41, 5.74) is 8.88. The molecule has 0 aliphatic heterocycles. The monoisotopic (exact) mass is 195 g/mol. The molecule has 0 heterocycles. The van der Waals surface area contributed by atoms with Gasteiger partial charge in [-0.25, -0.2) is 0 Å². The maximum Gasteiger partial charge on any atom is 0.0399 e. The van der Waals surface area contributed by atoms with Crippen LogP contribution in [-0.2, 0) is 0 Å². The molecule has 15 heavy (non-hydrogen) atoms. The van der Waals surface area contributed by atoms with Crippen molar-refractivity contribution in [1.29, 1.82) is 0 Å². The molecule has 1 nitrogen and oxygen atoms in total. The van der Waals surface area contributed by atoms with Crippen LogP contribution in [-0.4, -0.2) is 0 Å². The molecule has 2 rings (SSSR count). The Morgan fingerprint density at radius 3 is 2.27 bits per heavy atom. The molecular formula is C14H13N. The van der Waals surface area contributed by atoms with E-state index < -0.39 is 0 Å². The Morgan fingerprint density at radius 1 is 0.933 bits per heavy atom. The fraction of sp³-hybridized carbons (Fsp3) is 0. The average molecular weight is 195 g/mol. The van der Waals surface area contributed by atoms with Gasteiger partial charge < -0.3 is 5.73 Å². The fourth-order valence-electron chi connectivity index (χ4n) is 1.69. The summed E-state index contributed by atoms with van der Waals surface area (Å²) in [7, 11) is 0. The zero-order valence-corrected chi connectivity index (χ0v) is 8.53. The molecule has 2 aromatic carbocycles. The summed E-state index contributed by atoms with van der Waals surface area (Å²) < 4.78 is 0. The third kappa shape index (κ3) is 1.64. The Balaban J connectivity index is 2.79. The van der Waals surface area contributed by atoms with Gasteiger partial charge in [0.15, 0.2) is 0 Å². The average Bonchev–Trinajstić information content (AvgIpc) is 2.28. The van der Waals surface area contributed by atoms with Gasteiger partial charge in [-0.1, -0.05) is 37.4 Å². The van der Waals surface area contributed by atoms with Crippen molar-refractivity contribution in [3.8, 4) is 0 Å². The number of benzene rings is 2. The molecule has 0 atom stereocenters. The number of nitrogen functional groups attached to an aromatic ring is 1. The van der Waals surface area contributed by atoms with E-state index in [1.807, 2.05) is 24.3 Å². The van der Waals surface area contributed by atoms with Crippen LogP contribution in [0.2, 0.25) is 0 Å². The molecule has 0 aromatic heterocycles. The van der Waals surface area contributed by atoms with Crippen molar-refractivity contribution in [1.82, 2.24) is 0 Å². The van der Waals surface area contributed by atoms with E-state index in [1.165, 1.54) is 0 Å². The Hall–Kier alpha value is -2.02. The molecule has 0 amide bonds. The first kappa shape index (κ1) is 9.53. The number of hydrogen-bond donors (Lipinski definition) is 1. The van der Waals surface area contributed by atoms with Gasteiger partial charge in [0.2, 0.25) is 0 Å². The summed E-state index contributed by atoms with van der Waals surface area (Å²) in [6.45, 7) is 7.50. The lowest BCUT2D eigenvalue weighted by Gasteiger charge is -2.05. The Labute approximate surface area is 89.5 Å². The highest BCUT2D eigenvalue weighted by molar-refractivity contribution is 5.95. The number of hydrogen-bond acceptors (Lipinski definition) is 1. The predicted octanol–water partition coefficient (Wildman–Crippen LogP) is 3.71. The lowest BCUT2D eigenvalue weighted by molar-refractivity contribution is 1.67. The topological polar surface area (TPSA) is 26.0 Å². The molecule has 1 heteroatoms. The normalized spacial score (nSPS) is 10.1. The van der Waals surface area contributed by atoms with Gasteiger partial charge in [-0.05, 0) is 34.7 Å². The second-order valence-electron chi connectivity index (χ2n) is 3.50. The molecule has 2 aromatic rings. The molecule has 0 saturated carbocycles. The molecule has 0 fully saturated rings. The smallest absolute Gasteiger partial charge is 0.0399 e. The van der Waals surface area contributed by atoms with E-state index in [1.54, 1.807) is 6.08 Å². The first-order valence-electron chi connectivity index (χ1n) is 4.83. The molecule has 0 aliphatic carbocycles. The van der Waals surface area contributed by atoms with E-state index in [0.29, 0.717) is 0 Å². The van der Waals surface area contributed by atoms with Gasteiger partial charge in [0.1, 0.15) is 0 Å². The number of rotatable bonds is 2. The van der Waals surface area contributed by atoms with E-state index in [4.69, 9.17) is 5.73 Å². The summed E-state index contributed by atoms with van der Waals surface area (Å²) in [5.74, 6) is 0. The lowest BCUT2D eigenvalue weighted by Crippen LogP contribution is -1.88. The van der Waals surface area contributed by atoms with Crippen molar-refractivity contribution in [2.24, 2.45) is 0 Å². The molecule has 0 saturated heterocycles. The quantitative estimate of drug-likeness (QED) is 0.726. The maximum absolute atomic E-state index is 5.95. The third-order valence-corrected chi connectivity index (χ3v) is 2.50. The molecule has 0 unspecified atom stereocenters. The first-order chi connectivity index (χ1) is 7.24. The molecule has 0 aliphatic rings. The van der Waals surface area contributed by atoms with Gasteiger partial charge in [0.25, 0.3) is 0 Å². The highest BCUT2D eigenvalue weighted by Crippen LogP contribution is 2.25. The second-order valence-corrected chi connectivity index (χ2v) is 3.50. The van der Waals surface area contributed by atoms with Crippen molar-refractivity contribution in [3.05, 3.63) is 54.6 Å². The van der Waals surface area contributed by atoms with Crippen LogP contribution in [0.25, 0.3) is 22.9 Å². The highest BCUT2D eigenvalue weighted by Gasteiger charge is 2.00. The van der Waals surface area contributed by atoms with Crippen LogP contribution < -0.4 is 5.73 Å². The van der Waals surface area contributed by atoms with Crippen LogP contribution >= 0.6 is 0 Å². The summed E-state index contributed by atoms with van der Waals surface area (Å²) in [6, 6.07) is 10.1. The van der Waals surface area contributed by atoms with Crippen LogP contribution in [0.4, 0.5) is 5.69 Å². The molecular weight excluding hydrogens is 182 g/mol. The standard InChI is InChI=1S/C14H13N/c1-3-10-5-6-13-12(7-10)8-11(4-2)9-14(13)15/h3-9H,1-2,15H2. The molecule has 0 bridgehead atoms. The summed E-state index contributed by atoms with van der Waals surface area (Å²) in [6.07, 6.45) is 3.63. The molecule has 0 spiro atoms. The Morgan fingerprint density at radius 2 is 1.60 bits per heavy atom. The fourth-order valence-corrected chi connectivity index (χ4v) is 1.69. The minimum atomic E-state index is 0.790. The number of fused-ring (bicyclic) bond motifs is 1. The van der Waals surface area contributed by atoms with Crippen molar-refractivity contribution in [3.63, 3.8) is 0 Å². The van der Waals surface area contributed by atoms with E-state index in [2.05, 4.69) is 25.3 Å². The Kier molecular flexibility index (Phi) is 2.30. The molecule has 2 N–H and O–H groups in total. The minimum absolute atomic E-state index is 0.790. The summed E-state index contributed by atoms with van der Waals surface area (Å²) in [5, 5.41) is 2.20. The maximum atomic E-state index is 5.95. The van der Waals surface area contributed by atoms with Crippen molar-refractivity contribution >= 4 is 28.6 Å². The first-order valence-corrected chi connectivity index (χ1v) is 4.83. The highest BCUT2D eigenvalue weighted by atomic mass is 14.5. The SMILES string of the molecule is C=Cc1ccc2c(N)cc(C=C)cc2c1. The van der Waals surface area contributed by atoms with E-state index in [0.717, 1.165) is 27.6 Å². The van der Waals surface area contributed by atoms with Crippen LogP contribution in [0.5, 0.6) is 0 Å². The van der Waals surface area contributed by atoms with Crippen molar-refractivity contribution in [2.75, 3.05) is 5.73 Å². The van der Waals surface area contributed by atoms with Gasteiger partial charge >= 0.3 is 0 Å². The minimum Gasteiger partial charge on any atom is -0.398 e. The van der Waals surface area contributed by atoms with Crippen LogP contribution in [0, 0.1) is 0 Å². The summed E-state index contributed by atoms with van der Waals surface area (Å²) in [4.78, 5) is 0. The van der Waals surface area contributed by atoms with E-state index in [-0.39, 0.29) is 0 Å². The zero-order valence-electron chi connectivity index (χ0n) is 8.53. The largest absolute Gasteiger partial charge is 0.398 e.